The fourth-order valence-corrected chi connectivity index (χ4v) is 2.90. The van der Waals surface area contributed by atoms with Crippen LogP contribution in [0, 0.1) is 0 Å². The van der Waals surface area contributed by atoms with Gasteiger partial charge in [0.2, 0.25) is 0 Å². The van der Waals surface area contributed by atoms with E-state index in [0.717, 1.165) is 36.6 Å². The summed E-state index contributed by atoms with van der Waals surface area (Å²) in [5.74, 6) is 0.334. The van der Waals surface area contributed by atoms with Crippen LogP contribution in [-0.2, 0) is 0 Å². The number of aliphatic hydroxyl groups is 1. The van der Waals surface area contributed by atoms with E-state index < -0.39 is 6.10 Å². The van der Waals surface area contributed by atoms with Gasteiger partial charge in [-0.05, 0) is 31.0 Å². The minimum atomic E-state index is -0.456. The zero-order valence-electron chi connectivity index (χ0n) is 11.6. The van der Waals surface area contributed by atoms with Gasteiger partial charge in [0.1, 0.15) is 5.75 Å². The molecule has 1 aromatic carbocycles. The van der Waals surface area contributed by atoms with Crippen LogP contribution in [0.25, 0.3) is 0 Å². The lowest BCUT2D eigenvalue weighted by molar-refractivity contribution is 0.0816. The topological polar surface area (TPSA) is 58.6 Å². The van der Waals surface area contributed by atoms with Crippen LogP contribution in [0.3, 0.4) is 0 Å². The van der Waals surface area contributed by atoms with Crippen LogP contribution in [-0.4, -0.2) is 30.3 Å². The Balaban J connectivity index is 2.11. The highest BCUT2D eigenvalue weighted by Gasteiger charge is 2.24. The molecule has 1 saturated carbocycles. The number of methoxy groups -OCH3 is 1. The third kappa shape index (κ3) is 3.73. The normalized spacial score (nSPS) is 22.9. The first-order chi connectivity index (χ1) is 9.61. The van der Waals surface area contributed by atoms with Crippen LogP contribution in [0.2, 0.25) is 0 Å². The average Bonchev–Trinajstić information content (AvgIpc) is 2.64. The minimum absolute atomic E-state index is 0.168. The first-order valence-electron chi connectivity index (χ1n) is 6.94. The van der Waals surface area contributed by atoms with E-state index in [2.05, 4.69) is 21.2 Å². The number of hydrogen-bond donors (Lipinski definition) is 2. The molecule has 0 saturated heterocycles. The summed E-state index contributed by atoms with van der Waals surface area (Å²) in [5.41, 5.74) is 0.493. The Morgan fingerprint density at radius 2 is 2.10 bits per heavy atom. The van der Waals surface area contributed by atoms with Crippen LogP contribution in [0.1, 0.15) is 42.5 Å². The molecule has 0 spiro atoms. The van der Waals surface area contributed by atoms with Crippen LogP contribution in [0.4, 0.5) is 0 Å². The number of carbonyl (C=O) groups is 1. The number of carbonyl (C=O) groups excluding carboxylic acids is 1. The Morgan fingerprint density at radius 1 is 1.35 bits per heavy atom. The third-order valence-corrected chi connectivity index (χ3v) is 4.20. The molecule has 2 rings (SSSR count). The number of nitrogens with one attached hydrogen (secondary N) is 1. The molecule has 110 valence electrons. The molecule has 1 amide bonds. The lowest BCUT2D eigenvalue weighted by Gasteiger charge is -2.22. The Bertz CT molecular complexity index is 478. The van der Waals surface area contributed by atoms with Crippen LogP contribution in [0.5, 0.6) is 5.75 Å². The van der Waals surface area contributed by atoms with Crippen molar-refractivity contribution < 1.29 is 14.6 Å². The molecule has 2 atom stereocenters. The monoisotopic (exact) mass is 341 g/mol. The predicted molar refractivity (Wildman–Crippen MR) is 81.0 cm³/mol. The molecule has 0 bridgehead atoms. The maximum atomic E-state index is 12.3. The summed E-state index contributed by atoms with van der Waals surface area (Å²) in [7, 11) is 1.54. The van der Waals surface area contributed by atoms with E-state index in [9.17, 15) is 9.90 Å². The second-order valence-electron chi connectivity index (χ2n) is 5.13. The van der Waals surface area contributed by atoms with Gasteiger partial charge in [-0.3, -0.25) is 4.79 Å². The highest BCUT2D eigenvalue weighted by molar-refractivity contribution is 9.10. The lowest BCUT2D eigenvalue weighted by atomic mass is 10.1. The maximum absolute atomic E-state index is 12.3. The Morgan fingerprint density at radius 3 is 2.85 bits per heavy atom. The van der Waals surface area contributed by atoms with Crippen molar-refractivity contribution in [3.8, 4) is 5.75 Å². The van der Waals surface area contributed by atoms with Gasteiger partial charge in [-0.1, -0.05) is 35.2 Å². The second kappa shape index (κ2) is 7.09. The molecular weight excluding hydrogens is 322 g/mol. The molecule has 0 radical (unpaired) electrons. The Kier molecular flexibility index (Phi) is 5.43. The molecule has 1 aliphatic rings. The third-order valence-electron chi connectivity index (χ3n) is 3.70. The molecule has 2 N–H and O–H groups in total. The van der Waals surface area contributed by atoms with E-state index in [1.165, 1.54) is 0 Å². The molecule has 1 aromatic rings. The van der Waals surface area contributed by atoms with Gasteiger partial charge in [0, 0.05) is 4.47 Å². The van der Waals surface area contributed by atoms with E-state index in [1.807, 2.05) is 0 Å². The molecule has 0 aliphatic heterocycles. The summed E-state index contributed by atoms with van der Waals surface area (Å²) in [6.45, 7) is 0. The molecule has 2 unspecified atom stereocenters. The number of benzene rings is 1. The van der Waals surface area contributed by atoms with E-state index >= 15 is 0 Å². The van der Waals surface area contributed by atoms with Gasteiger partial charge in [0.15, 0.2) is 0 Å². The zero-order chi connectivity index (χ0) is 14.5. The fraction of sp³-hybridized carbons (Fsp3) is 0.533. The molecule has 5 heteroatoms. The largest absolute Gasteiger partial charge is 0.496 e. The average molecular weight is 342 g/mol. The van der Waals surface area contributed by atoms with Crippen molar-refractivity contribution in [2.75, 3.05) is 7.11 Å². The molecule has 20 heavy (non-hydrogen) atoms. The summed E-state index contributed by atoms with van der Waals surface area (Å²) in [4.78, 5) is 12.3. The summed E-state index contributed by atoms with van der Waals surface area (Å²) in [6, 6.07) is 5.12. The highest BCUT2D eigenvalue weighted by Crippen LogP contribution is 2.24. The van der Waals surface area contributed by atoms with Gasteiger partial charge in [-0.2, -0.15) is 0 Å². The molecule has 4 nitrogen and oxygen atoms in total. The maximum Gasteiger partial charge on any atom is 0.255 e. The molecular formula is C15H20BrNO3. The Hall–Kier alpha value is -1.07. The van der Waals surface area contributed by atoms with Gasteiger partial charge < -0.3 is 15.2 Å². The van der Waals surface area contributed by atoms with Gasteiger partial charge >= 0.3 is 0 Å². The quantitative estimate of drug-likeness (QED) is 0.831. The van der Waals surface area contributed by atoms with Crippen LogP contribution >= 0.6 is 15.9 Å². The Labute approximate surface area is 127 Å². The lowest BCUT2D eigenvalue weighted by Crippen LogP contribution is -2.42. The minimum Gasteiger partial charge on any atom is -0.496 e. The smallest absolute Gasteiger partial charge is 0.255 e. The number of aliphatic hydroxyl groups excluding tert-OH is 1. The summed E-state index contributed by atoms with van der Waals surface area (Å²) in [6.07, 6.45) is 4.30. The zero-order valence-corrected chi connectivity index (χ0v) is 13.1. The van der Waals surface area contributed by atoms with Crippen molar-refractivity contribution in [1.82, 2.24) is 5.32 Å². The number of ether oxygens (including phenoxy) is 1. The molecule has 0 heterocycles. The van der Waals surface area contributed by atoms with Crippen molar-refractivity contribution in [1.29, 1.82) is 0 Å². The molecule has 1 fully saturated rings. The van der Waals surface area contributed by atoms with Crippen LogP contribution in [0.15, 0.2) is 22.7 Å². The number of rotatable bonds is 3. The van der Waals surface area contributed by atoms with Crippen molar-refractivity contribution in [2.45, 2.75) is 44.2 Å². The van der Waals surface area contributed by atoms with E-state index in [0.29, 0.717) is 11.3 Å². The number of amides is 1. The first-order valence-corrected chi connectivity index (χ1v) is 7.73. The van der Waals surface area contributed by atoms with Gasteiger partial charge in [0.05, 0.1) is 24.8 Å². The summed E-state index contributed by atoms with van der Waals surface area (Å²) in [5, 5.41) is 13.0. The standard InChI is InChI=1S/C15H20BrNO3/c1-20-14-9-10(16)7-8-11(14)15(19)17-12-5-3-2-4-6-13(12)18/h7-9,12-13,18H,2-6H2,1H3,(H,17,19). The van der Waals surface area contributed by atoms with Gasteiger partial charge in [-0.15, -0.1) is 0 Å². The van der Waals surface area contributed by atoms with Gasteiger partial charge in [0.25, 0.3) is 5.91 Å². The first kappa shape index (κ1) is 15.3. The van der Waals surface area contributed by atoms with E-state index in [4.69, 9.17) is 4.74 Å². The summed E-state index contributed by atoms with van der Waals surface area (Å²) < 4.78 is 6.10. The highest BCUT2D eigenvalue weighted by atomic mass is 79.9. The second-order valence-corrected chi connectivity index (χ2v) is 6.05. The van der Waals surface area contributed by atoms with E-state index in [1.54, 1.807) is 25.3 Å². The summed E-state index contributed by atoms with van der Waals surface area (Å²) >= 11 is 3.35. The van der Waals surface area contributed by atoms with E-state index in [-0.39, 0.29) is 11.9 Å². The van der Waals surface area contributed by atoms with Crippen molar-refractivity contribution in [3.05, 3.63) is 28.2 Å². The SMILES string of the molecule is COc1cc(Br)ccc1C(=O)NC1CCCCCC1O. The molecule has 1 aliphatic carbocycles. The van der Waals surface area contributed by atoms with Crippen molar-refractivity contribution in [2.24, 2.45) is 0 Å². The van der Waals surface area contributed by atoms with Crippen molar-refractivity contribution in [3.63, 3.8) is 0 Å². The number of halogens is 1. The number of hydrogen-bond acceptors (Lipinski definition) is 3. The predicted octanol–water partition coefficient (Wildman–Crippen LogP) is 2.88. The van der Waals surface area contributed by atoms with Crippen LogP contribution < -0.4 is 10.1 Å². The van der Waals surface area contributed by atoms with Crippen molar-refractivity contribution >= 4 is 21.8 Å². The molecule has 0 aromatic heterocycles. The van der Waals surface area contributed by atoms with Gasteiger partial charge in [-0.25, -0.2) is 0 Å². The fourth-order valence-electron chi connectivity index (χ4n) is 2.56.